The number of hydrogen-bond acceptors (Lipinski definition) is 3. The zero-order valence-corrected chi connectivity index (χ0v) is 11.6. The van der Waals surface area contributed by atoms with E-state index in [0.29, 0.717) is 17.1 Å². The summed E-state index contributed by atoms with van der Waals surface area (Å²) in [6.45, 7) is 2.87. The third-order valence-corrected chi connectivity index (χ3v) is 4.02. The summed E-state index contributed by atoms with van der Waals surface area (Å²) in [5.74, 6) is 1.08. The van der Waals surface area contributed by atoms with E-state index in [-0.39, 0.29) is 5.82 Å². The van der Waals surface area contributed by atoms with Crippen LogP contribution in [0.3, 0.4) is 0 Å². The van der Waals surface area contributed by atoms with Gasteiger partial charge in [0, 0.05) is 36.0 Å². The number of aliphatic hydroxyl groups excluding tert-OH is 1. The fraction of sp³-hybridized carbons (Fsp3) is 0.357. The topological polar surface area (TPSA) is 38.0 Å². The quantitative estimate of drug-likeness (QED) is 0.827. The molecule has 0 saturated heterocycles. The number of hydrogen-bond donors (Lipinski definition) is 1. The van der Waals surface area contributed by atoms with E-state index >= 15 is 0 Å². The Bertz CT molecular complexity index is 530. The van der Waals surface area contributed by atoms with Crippen molar-refractivity contribution in [3.8, 4) is 0 Å². The molecule has 3 nitrogen and oxygen atoms in total. The lowest BCUT2D eigenvalue weighted by molar-refractivity contribution is 0.196. The maximum atomic E-state index is 13.4. The predicted molar refractivity (Wildman–Crippen MR) is 74.7 cm³/mol. The van der Waals surface area contributed by atoms with E-state index in [1.807, 2.05) is 17.7 Å². The first-order valence-electron chi connectivity index (χ1n) is 6.26. The van der Waals surface area contributed by atoms with Gasteiger partial charge in [0.15, 0.2) is 0 Å². The lowest BCUT2D eigenvalue weighted by Crippen LogP contribution is -2.17. The van der Waals surface area contributed by atoms with Crippen LogP contribution in [0.25, 0.3) is 0 Å². The zero-order chi connectivity index (χ0) is 13.7. The van der Waals surface area contributed by atoms with Crippen molar-refractivity contribution in [1.29, 1.82) is 0 Å². The van der Waals surface area contributed by atoms with E-state index in [1.165, 1.54) is 17.8 Å². The number of rotatable bonds is 6. The van der Waals surface area contributed by atoms with Gasteiger partial charge in [-0.25, -0.2) is 9.37 Å². The molecule has 0 spiro atoms. The van der Waals surface area contributed by atoms with Crippen molar-refractivity contribution in [3.05, 3.63) is 48.3 Å². The standard InChI is InChI=1S/C14H17FN2OS/c1-2-17-8-7-16-14(17)9-11(18)10-19-13-6-4-3-5-12(13)15/h3-8,11,18H,2,9-10H2,1H3. The van der Waals surface area contributed by atoms with Crippen molar-refractivity contribution in [2.45, 2.75) is 30.9 Å². The molecular formula is C14H17FN2OS. The van der Waals surface area contributed by atoms with Crippen molar-refractivity contribution in [2.75, 3.05) is 5.75 Å². The van der Waals surface area contributed by atoms with E-state index in [0.717, 1.165) is 12.4 Å². The van der Waals surface area contributed by atoms with Gasteiger partial charge in [0.1, 0.15) is 11.6 Å². The van der Waals surface area contributed by atoms with Crippen molar-refractivity contribution in [2.24, 2.45) is 0 Å². The number of imidazole rings is 1. The summed E-state index contributed by atoms with van der Waals surface area (Å²) in [4.78, 5) is 4.79. The van der Waals surface area contributed by atoms with Gasteiger partial charge < -0.3 is 9.67 Å². The largest absolute Gasteiger partial charge is 0.392 e. The third kappa shape index (κ3) is 3.81. The molecule has 1 atom stereocenters. The minimum absolute atomic E-state index is 0.241. The molecule has 102 valence electrons. The Morgan fingerprint density at radius 1 is 1.42 bits per heavy atom. The lowest BCUT2D eigenvalue weighted by Gasteiger charge is -2.11. The van der Waals surface area contributed by atoms with Crippen LogP contribution in [0.15, 0.2) is 41.6 Å². The van der Waals surface area contributed by atoms with Crippen LogP contribution in [0, 0.1) is 5.82 Å². The monoisotopic (exact) mass is 280 g/mol. The summed E-state index contributed by atoms with van der Waals surface area (Å²) in [6, 6.07) is 6.60. The van der Waals surface area contributed by atoms with Gasteiger partial charge >= 0.3 is 0 Å². The molecule has 1 heterocycles. The number of aryl methyl sites for hydroxylation is 1. The Morgan fingerprint density at radius 2 is 2.21 bits per heavy atom. The molecule has 1 aromatic heterocycles. The summed E-state index contributed by atoms with van der Waals surface area (Å²) in [7, 11) is 0. The fourth-order valence-corrected chi connectivity index (χ4v) is 2.71. The molecule has 0 aliphatic carbocycles. The highest BCUT2D eigenvalue weighted by atomic mass is 32.2. The van der Waals surface area contributed by atoms with Crippen LogP contribution in [0.4, 0.5) is 4.39 Å². The molecule has 1 unspecified atom stereocenters. The van der Waals surface area contributed by atoms with Crippen molar-refractivity contribution in [3.63, 3.8) is 0 Å². The molecule has 0 saturated carbocycles. The number of aliphatic hydroxyl groups is 1. The molecule has 0 bridgehead atoms. The molecule has 1 aromatic carbocycles. The van der Waals surface area contributed by atoms with Gasteiger partial charge in [0.2, 0.25) is 0 Å². The van der Waals surface area contributed by atoms with Gasteiger partial charge in [-0.2, -0.15) is 0 Å². The van der Waals surface area contributed by atoms with E-state index in [1.54, 1.807) is 24.4 Å². The number of benzene rings is 1. The molecule has 0 radical (unpaired) electrons. The Balaban J connectivity index is 1.88. The molecule has 0 fully saturated rings. The summed E-state index contributed by atoms with van der Waals surface area (Å²) in [5.41, 5.74) is 0. The molecule has 5 heteroatoms. The van der Waals surface area contributed by atoms with Gasteiger partial charge in [-0.3, -0.25) is 0 Å². The Labute approximate surface area is 116 Å². The summed E-state index contributed by atoms with van der Waals surface area (Å²) in [5, 5.41) is 10.00. The van der Waals surface area contributed by atoms with Gasteiger partial charge in [-0.1, -0.05) is 12.1 Å². The highest BCUT2D eigenvalue weighted by Crippen LogP contribution is 2.22. The van der Waals surface area contributed by atoms with Gasteiger partial charge in [-0.05, 0) is 19.1 Å². The molecule has 2 aromatic rings. The summed E-state index contributed by atoms with van der Waals surface area (Å²) in [6.07, 6.45) is 3.58. The van der Waals surface area contributed by atoms with Gasteiger partial charge in [0.25, 0.3) is 0 Å². The SMILES string of the molecule is CCn1ccnc1CC(O)CSc1ccccc1F. The maximum absolute atomic E-state index is 13.4. The Kier molecular flexibility index (Phi) is 4.99. The second-order valence-corrected chi connectivity index (χ2v) is 5.29. The molecule has 0 aliphatic rings. The minimum Gasteiger partial charge on any atom is -0.392 e. The number of nitrogens with zero attached hydrogens (tertiary/aromatic N) is 2. The van der Waals surface area contributed by atoms with Crippen LogP contribution in [-0.2, 0) is 13.0 Å². The first-order valence-corrected chi connectivity index (χ1v) is 7.24. The van der Waals surface area contributed by atoms with Crippen molar-refractivity contribution >= 4 is 11.8 Å². The molecule has 0 amide bonds. The Morgan fingerprint density at radius 3 is 2.95 bits per heavy atom. The molecule has 2 rings (SSSR count). The molecule has 0 aliphatic heterocycles. The van der Waals surface area contributed by atoms with Crippen LogP contribution >= 0.6 is 11.8 Å². The van der Waals surface area contributed by atoms with Crippen molar-refractivity contribution in [1.82, 2.24) is 9.55 Å². The smallest absolute Gasteiger partial charge is 0.136 e. The highest BCUT2D eigenvalue weighted by molar-refractivity contribution is 7.99. The average Bonchev–Trinajstić information content (AvgIpc) is 2.85. The zero-order valence-electron chi connectivity index (χ0n) is 10.8. The molecule has 1 N–H and O–H groups in total. The van der Waals surface area contributed by atoms with Crippen LogP contribution in [0.5, 0.6) is 0 Å². The summed E-state index contributed by atoms with van der Waals surface area (Å²) < 4.78 is 15.4. The lowest BCUT2D eigenvalue weighted by atomic mass is 10.3. The van der Waals surface area contributed by atoms with Crippen molar-refractivity contribution < 1.29 is 9.50 Å². The minimum atomic E-state index is -0.530. The van der Waals surface area contributed by atoms with Crippen LogP contribution in [0.2, 0.25) is 0 Å². The fourth-order valence-electron chi connectivity index (χ4n) is 1.84. The second-order valence-electron chi connectivity index (χ2n) is 4.23. The van der Waals surface area contributed by atoms with E-state index in [2.05, 4.69) is 4.98 Å². The van der Waals surface area contributed by atoms with Crippen LogP contribution in [0.1, 0.15) is 12.7 Å². The highest BCUT2D eigenvalue weighted by Gasteiger charge is 2.11. The normalized spacial score (nSPS) is 12.6. The van der Waals surface area contributed by atoms with Gasteiger partial charge in [0.05, 0.1) is 6.10 Å². The van der Waals surface area contributed by atoms with E-state index in [4.69, 9.17) is 0 Å². The summed E-state index contributed by atoms with van der Waals surface area (Å²) >= 11 is 1.33. The van der Waals surface area contributed by atoms with Gasteiger partial charge in [-0.15, -0.1) is 11.8 Å². The first-order chi connectivity index (χ1) is 9.20. The predicted octanol–water partition coefficient (Wildman–Crippen LogP) is 2.74. The molecule has 19 heavy (non-hydrogen) atoms. The number of thioether (sulfide) groups is 1. The maximum Gasteiger partial charge on any atom is 0.136 e. The van der Waals surface area contributed by atoms with Crippen LogP contribution < -0.4 is 0 Å². The first kappa shape index (κ1) is 14.1. The number of aromatic nitrogens is 2. The number of halogens is 1. The van der Waals surface area contributed by atoms with E-state index < -0.39 is 6.10 Å². The van der Waals surface area contributed by atoms with Crippen LogP contribution in [-0.4, -0.2) is 26.5 Å². The Hall–Kier alpha value is -1.33. The second kappa shape index (κ2) is 6.73. The third-order valence-electron chi connectivity index (χ3n) is 2.83. The average molecular weight is 280 g/mol. The van der Waals surface area contributed by atoms with E-state index in [9.17, 15) is 9.50 Å². The molecular weight excluding hydrogens is 263 g/mol.